The maximum absolute atomic E-state index is 8.64. The monoisotopic (exact) mass is 195 g/mol. The summed E-state index contributed by atoms with van der Waals surface area (Å²) in [6.07, 6.45) is 3.91. The zero-order valence-corrected chi connectivity index (χ0v) is 9.51. The van der Waals surface area contributed by atoms with Crippen LogP contribution >= 0.6 is 0 Å². The number of nitriles is 1. The number of hydrogen-bond donors (Lipinski definition) is 1. The summed E-state index contributed by atoms with van der Waals surface area (Å²) in [6, 6.07) is 2.24. The van der Waals surface area contributed by atoms with E-state index in [-0.39, 0.29) is 5.92 Å². The third-order valence-electron chi connectivity index (χ3n) is 3.36. The third-order valence-corrected chi connectivity index (χ3v) is 3.36. The van der Waals surface area contributed by atoms with Crippen molar-refractivity contribution in [1.82, 2.24) is 10.2 Å². The van der Waals surface area contributed by atoms with Crippen LogP contribution in [0.4, 0.5) is 0 Å². The third kappa shape index (κ3) is 2.46. The van der Waals surface area contributed by atoms with Crippen LogP contribution in [0.5, 0.6) is 0 Å². The Hall–Kier alpha value is -0.590. The van der Waals surface area contributed by atoms with E-state index in [2.05, 4.69) is 30.4 Å². The highest BCUT2D eigenvalue weighted by molar-refractivity contribution is 4.97. The van der Waals surface area contributed by atoms with Crippen molar-refractivity contribution >= 4 is 0 Å². The Morgan fingerprint density at radius 1 is 1.50 bits per heavy atom. The molecule has 0 bridgehead atoms. The second-order valence-electron chi connectivity index (χ2n) is 4.63. The Balaban J connectivity index is 2.26. The topological polar surface area (TPSA) is 39.1 Å². The largest absolute Gasteiger partial charge is 0.314 e. The minimum atomic E-state index is 0.120. The molecule has 0 aromatic rings. The number of likely N-dealkylation sites (N-methyl/N-ethyl adjacent to an activating group) is 1. The second kappa shape index (κ2) is 4.77. The van der Waals surface area contributed by atoms with Gasteiger partial charge in [0.25, 0.3) is 0 Å². The standard InChI is InChI=1S/C11H21N3/c1-10(7-12)8-13-9-11(14(2)3)5-4-6-11/h10,13H,4-6,8-9H2,1-3H3. The van der Waals surface area contributed by atoms with Gasteiger partial charge in [0.1, 0.15) is 0 Å². The van der Waals surface area contributed by atoms with Crippen LogP contribution in [-0.4, -0.2) is 37.6 Å². The zero-order valence-electron chi connectivity index (χ0n) is 9.51. The van der Waals surface area contributed by atoms with E-state index in [1.165, 1.54) is 19.3 Å². The van der Waals surface area contributed by atoms with E-state index >= 15 is 0 Å². The first-order valence-corrected chi connectivity index (χ1v) is 5.38. The van der Waals surface area contributed by atoms with Gasteiger partial charge in [0.15, 0.2) is 0 Å². The molecule has 1 aliphatic carbocycles. The SMILES string of the molecule is CC(C#N)CNCC1(N(C)C)CCC1. The molecule has 3 nitrogen and oxygen atoms in total. The molecule has 0 aliphatic heterocycles. The lowest BCUT2D eigenvalue weighted by molar-refractivity contribution is 0.0598. The first kappa shape index (κ1) is 11.5. The summed E-state index contributed by atoms with van der Waals surface area (Å²) >= 11 is 0. The van der Waals surface area contributed by atoms with Crippen LogP contribution in [0.1, 0.15) is 26.2 Å². The Labute approximate surface area is 87.1 Å². The quantitative estimate of drug-likeness (QED) is 0.717. The molecule has 1 rings (SSSR count). The van der Waals surface area contributed by atoms with Gasteiger partial charge >= 0.3 is 0 Å². The molecule has 1 N–H and O–H groups in total. The van der Waals surface area contributed by atoms with Gasteiger partial charge in [-0.3, -0.25) is 0 Å². The van der Waals surface area contributed by atoms with Gasteiger partial charge in [0, 0.05) is 18.6 Å². The van der Waals surface area contributed by atoms with Crippen LogP contribution in [-0.2, 0) is 0 Å². The molecule has 0 spiro atoms. The molecule has 0 aromatic heterocycles. The Morgan fingerprint density at radius 2 is 2.14 bits per heavy atom. The fraction of sp³-hybridized carbons (Fsp3) is 0.909. The molecule has 0 saturated heterocycles. The summed E-state index contributed by atoms with van der Waals surface area (Å²) in [5.74, 6) is 0.120. The van der Waals surface area contributed by atoms with E-state index in [0.29, 0.717) is 5.54 Å². The fourth-order valence-electron chi connectivity index (χ4n) is 1.93. The Morgan fingerprint density at radius 3 is 2.50 bits per heavy atom. The minimum Gasteiger partial charge on any atom is -0.314 e. The van der Waals surface area contributed by atoms with Gasteiger partial charge in [-0.2, -0.15) is 5.26 Å². The molecule has 3 heteroatoms. The predicted molar refractivity (Wildman–Crippen MR) is 57.9 cm³/mol. The first-order valence-electron chi connectivity index (χ1n) is 5.38. The van der Waals surface area contributed by atoms with E-state index in [1.54, 1.807) is 0 Å². The average Bonchev–Trinajstić information content (AvgIpc) is 2.08. The van der Waals surface area contributed by atoms with Gasteiger partial charge in [-0.15, -0.1) is 0 Å². The van der Waals surface area contributed by atoms with Gasteiger partial charge in [-0.25, -0.2) is 0 Å². The lowest BCUT2D eigenvalue weighted by Crippen LogP contribution is -2.56. The van der Waals surface area contributed by atoms with Crippen molar-refractivity contribution in [3.8, 4) is 6.07 Å². The normalized spacial score (nSPS) is 21.4. The molecule has 80 valence electrons. The average molecular weight is 195 g/mol. The maximum atomic E-state index is 8.64. The molecule has 0 amide bonds. The highest BCUT2D eigenvalue weighted by atomic mass is 15.2. The highest BCUT2D eigenvalue weighted by Gasteiger charge is 2.38. The van der Waals surface area contributed by atoms with Crippen molar-refractivity contribution in [2.75, 3.05) is 27.2 Å². The summed E-state index contributed by atoms with van der Waals surface area (Å²) in [5, 5.41) is 12.0. The summed E-state index contributed by atoms with van der Waals surface area (Å²) in [6.45, 7) is 3.79. The van der Waals surface area contributed by atoms with E-state index < -0.39 is 0 Å². The minimum absolute atomic E-state index is 0.120. The van der Waals surface area contributed by atoms with Crippen molar-refractivity contribution in [1.29, 1.82) is 5.26 Å². The van der Waals surface area contributed by atoms with Crippen LogP contribution in [0, 0.1) is 17.2 Å². The lowest BCUT2D eigenvalue weighted by atomic mass is 9.75. The molecule has 0 heterocycles. The fourth-order valence-corrected chi connectivity index (χ4v) is 1.93. The predicted octanol–water partition coefficient (Wildman–Crippen LogP) is 1.22. The van der Waals surface area contributed by atoms with E-state index in [0.717, 1.165) is 13.1 Å². The molecule has 1 saturated carbocycles. The number of hydrogen-bond acceptors (Lipinski definition) is 3. The van der Waals surface area contributed by atoms with Gasteiger partial charge in [0.05, 0.1) is 12.0 Å². The van der Waals surface area contributed by atoms with Crippen LogP contribution in [0.3, 0.4) is 0 Å². The molecule has 0 aromatic carbocycles. The van der Waals surface area contributed by atoms with Crippen LogP contribution in [0.2, 0.25) is 0 Å². The molecule has 1 unspecified atom stereocenters. The molecule has 14 heavy (non-hydrogen) atoms. The lowest BCUT2D eigenvalue weighted by Gasteiger charge is -2.47. The van der Waals surface area contributed by atoms with Gasteiger partial charge < -0.3 is 10.2 Å². The zero-order chi connectivity index (χ0) is 10.6. The summed E-state index contributed by atoms with van der Waals surface area (Å²) < 4.78 is 0. The second-order valence-corrected chi connectivity index (χ2v) is 4.63. The van der Waals surface area contributed by atoms with Crippen molar-refractivity contribution in [3.05, 3.63) is 0 Å². The molecular formula is C11H21N3. The molecule has 1 aliphatic rings. The summed E-state index contributed by atoms with van der Waals surface area (Å²) in [7, 11) is 4.29. The van der Waals surface area contributed by atoms with Crippen LogP contribution in [0.15, 0.2) is 0 Å². The van der Waals surface area contributed by atoms with Crippen molar-refractivity contribution in [2.45, 2.75) is 31.7 Å². The van der Waals surface area contributed by atoms with Gasteiger partial charge in [-0.1, -0.05) is 0 Å². The number of nitrogens with one attached hydrogen (secondary N) is 1. The first-order chi connectivity index (χ1) is 6.60. The van der Waals surface area contributed by atoms with Gasteiger partial charge in [-0.05, 0) is 40.3 Å². The van der Waals surface area contributed by atoms with E-state index in [4.69, 9.17) is 5.26 Å². The molecule has 1 atom stereocenters. The highest BCUT2D eigenvalue weighted by Crippen LogP contribution is 2.35. The van der Waals surface area contributed by atoms with Crippen molar-refractivity contribution in [2.24, 2.45) is 5.92 Å². The summed E-state index contributed by atoms with van der Waals surface area (Å²) in [4.78, 5) is 2.32. The molecule has 0 radical (unpaired) electrons. The Kier molecular flexibility index (Phi) is 3.91. The molecular weight excluding hydrogens is 174 g/mol. The Bertz CT molecular complexity index is 213. The van der Waals surface area contributed by atoms with Crippen molar-refractivity contribution in [3.63, 3.8) is 0 Å². The van der Waals surface area contributed by atoms with Crippen molar-refractivity contribution < 1.29 is 0 Å². The van der Waals surface area contributed by atoms with E-state index in [1.807, 2.05) is 6.92 Å². The molecule has 1 fully saturated rings. The van der Waals surface area contributed by atoms with E-state index in [9.17, 15) is 0 Å². The number of rotatable bonds is 5. The van der Waals surface area contributed by atoms with Crippen LogP contribution < -0.4 is 5.32 Å². The maximum Gasteiger partial charge on any atom is 0.0666 e. The van der Waals surface area contributed by atoms with Gasteiger partial charge in [0.2, 0.25) is 0 Å². The number of nitrogens with zero attached hydrogens (tertiary/aromatic N) is 2. The smallest absolute Gasteiger partial charge is 0.0666 e. The summed E-state index contributed by atoms with van der Waals surface area (Å²) in [5.41, 5.74) is 0.370. The van der Waals surface area contributed by atoms with Crippen LogP contribution in [0.25, 0.3) is 0 Å².